The number of ether oxygens (including phenoxy) is 1. The smallest absolute Gasteiger partial charge is 0.309 e. The third-order valence-electron chi connectivity index (χ3n) is 2.44. The quantitative estimate of drug-likeness (QED) is 0.464. The van der Waals surface area contributed by atoms with Crippen LogP contribution < -0.4 is 0 Å². The Morgan fingerprint density at radius 3 is 2.60 bits per heavy atom. The maximum Gasteiger partial charge on any atom is 0.309 e. The standard InChI is InChI=1S/C12H13NO6S/c1-19-12(14)5-3-4-9-6-7-10(20(2,17)18)8-11(9)13(15)16/h3-4,6-8H,5H2,1-2H3. The fourth-order valence-electron chi connectivity index (χ4n) is 1.42. The molecule has 8 heteroatoms. The zero-order valence-corrected chi connectivity index (χ0v) is 11.7. The third kappa shape index (κ3) is 4.16. The van der Waals surface area contributed by atoms with E-state index >= 15 is 0 Å². The first-order chi connectivity index (χ1) is 9.25. The molecule has 0 aliphatic rings. The van der Waals surface area contributed by atoms with E-state index in [0.29, 0.717) is 0 Å². The summed E-state index contributed by atoms with van der Waals surface area (Å²) in [6.45, 7) is 0. The predicted octanol–water partition coefficient (Wildman–Crippen LogP) is 1.57. The van der Waals surface area contributed by atoms with Crippen LogP contribution in [0.1, 0.15) is 12.0 Å². The molecule has 1 aromatic carbocycles. The van der Waals surface area contributed by atoms with Crippen molar-refractivity contribution in [3.63, 3.8) is 0 Å². The number of nitro benzene ring substituents is 1. The summed E-state index contributed by atoms with van der Waals surface area (Å²) < 4.78 is 27.1. The summed E-state index contributed by atoms with van der Waals surface area (Å²) in [6, 6.07) is 3.59. The van der Waals surface area contributed by atoms with Crippen molar-refractivity contribution in [2.45, 2.75) is 11.3 Å². The van der Waals surface area contributed by atoms with Crippen LogP contribution in [0.4, 0.5) is 5.69 Å². The third-order valence-corrected chi connectivity index (χ3v) is 3.55. The van der Waals surface area contributed by atoms with Crippen molar-refractivity contribution in [1.82, 2.24) is 0 Å². The molecule has 0 spiro atoms. The maximum absolute atomic E-state index is 11.4. The van der Waals surface area contributed by atoms with Crippen LogP contribution >= 0.6 is 0 Å². The van der Waals surface area contributed by atoms with Crippen LogP contribution in [0.15, 0.2) is 29.2 Å². The summed E-state index contributed by atoms with van der Waals surface area (Å²) in [4.78, 5) is 21.1. The Morgan fingerprint density at radius 2 is 2.10 bits per heavy atom. The minimum absolute atomic E-state index is 0.0263. The van der Waals surface area contributed by atoms with Crippen LogP contribution in [0.25, 0.3) is 6.08 Å². The molecule has 0 fully saturated rings. The van der Waals surface area contributed by atoms with E-state index in [-0.39, 0.29) is 22.6 Å². The average molecular weight is 299 g/mol. The summed E-state index contributed by atoms with van der Waals surface area (Å²) in [5.74, 6) is -0.475. The number of nitro groups is 1. The minimum atomic E-state index is -3.52. The molecule has 0 saturated carbocycles. The lowest BCUT2D eigenvalue weighted by molar-refractivity contribution is -0.385. The van der Waals surface area contributed by atoms with Gasteiger partial charge in [0.15, 0.2) is 9.84 Å². The van der Waals surface area contributed by atoms with Gasteiger partial charge in [-0.15, -0.1) is 0 Å². The van der Waals surface area contributed by atoms with Crippen molar-refractivity contribution in [2.75, 3.05) is 13.4 Å². The molecule has 108 valence electrons. The summed E-state index contributed by atoms with van der Waals surface area (Å²) in [5, 5.41) is 10.9. The molecule has 7 nitrogen and oxygen atoms in total. The second-order valence-corrected chi connectivity index (χ2v) is 5.95. The van der Waals surface area contributed by atoms with E-state index in [1.165, 1.54) is 31.4 Å². The van der Waals surface area contributed by atoms with Gasteiger partial charge in [-0.25, -0.2) is 8.42 Å². The molecule has 0 unspecified atom stereocenters. The van der Waals surface area contributed by atoms with Gasteiger partial charge >= 0.3 is 5.97 Å². The zero-order chi connectivity index (χ0) is 15.3. The Kier molecular flexibility index (Phi) is 4.98. The molecule has 0 bridgehead atoms. The molecule has 0 radical (unpaired) electrons. The van der Waals surface area contributed by atoms with Crippen molar-refractivity contribution in [2.24, 2.45) is 0 Å². The Bertz CT molecular complexity index is 663. The summed E-state index contributed by atoms with van der Waals surface area (Å²) in [7, 11) is -2.28. The highest BCUT2D eigenvalue weighted by atomic mass is 32.2. The van der Waals surface area contributed by atoms with Gasteiger partial charge in [-0.2, -0.15) is 0 Å². The minimum Gasteiger partial charge on any atom is -0.469 e. The molecular formula is C12H13NO6S. The molecule has 0 aromatic heterocycles. The van der Waals surface area contributed by atoms with Crippen LogP contribution in [-0.4, -0.2) is 32.7 Å². The van der Waals surface area contributed by atoms with Crippen LogP contribution in [0.2, 0.25) is 0 Å². The average Bonchev–Trinajstić information content (AvgIpc) is 2.37. The van der Waals surface area contributed by atoms with Crippen molar-refractivity contribution in [3.05, 3.63) is 40.0 Å². The highest BCUT2D eigenvalue weighted by Crippen LogP contribution is 2.24. The van der Waals surface area contributed by atoms with Crippen molar-refractivity contribution >= 4 is 27.6 Å². The van der Waals surface area contributed by atoms with Crippen LogP contribution in [0.3, 0.4) is 0 Å². The Balaban J connectivity index is 3.15. The number of carbonyl (C=O) groups is 1. The molecule has 0 heterocycles. The van der Waals surface area contributed by atoms with Crippen LogP contribution in [0, 0.1) is 10.1 Å². The topological polar surface area (TPSA) is 104 Å². The Morgan fingerprint density at radius 1 is 1.45 bits per heavy atom. The van der Waals surface area contributed by atoms with Crippen LogP contribution in [-0.2, 0) is 19.4 Å². The number of methoxy groups -OCH3 is 1. The van der Waals surface area contributed by atoms with Crippen molar-refractivity contribution in [3.8, 4) is 0 Å². The second kappa shape index (κ2) is 6.29. The lowest BCUT2D eigenvalue weighted by Gasteiger charge is -2.01. The molecule has 0 aliphatic heterocycles. The highest BCUT2D eigenvalue weighted by molar-refractivity contribution is 7.90. The van der Waals surface area contributed by atoms with Gasteiger partial charge in [0.2, 0.25) is 0 Å². The van der Waals surface area contributed by atoms with Gasteiger partial charge in [-0.3, -0.25) is 14.9 Å². The van der Waals surface area contributed by atoms with Crippen molar-refractivity contribution in [1.29, 1.82) is 0 Å². The fourth-order valence-corrected chi connectivity index (χ4v) is 2.06. The zero-order valence-electron chi connectivity index (χ0n) is 10.9. The van der Waals surface area contributed by atoms with Crippen molar-refractivity contribution < 1.29 is 22.9 Å². The normalized spacial score (nSPS) is 11.5. The molecule has 0 aliphatic carbocycles. The molecule has 1 rings (SSSR count). The number of carbonyl (C=O) groups excluding carboxylic acids is 1. The van der Waals surface area contributed by atoms with E-state index < -0.39 is 20.7 Å². The number of nitrogens with zero attached hydrogens (tertiary/aromatic N) is 1. The SMILES string of the molecule is COC(=O)CC=Cc1ccc(S(C)(=O)=O)cc1[N+](=O)[O-]. The number of hydrogen-bond donors (Lipinski definition) is 0. The Labute approximate surface area is 115 Å². The summed E-state index contributed by atoms with van der Waals surface area (Å²) in [6.07, 6.45) is 3.73. The van der Waals surface area contributed by atoms with Crippen LogP contribution in [0.5, 0.6) is 0 Å². The second-order valence-electron chi connectivity index (χ2n) is 3.93. The van der Waals surface area contributed by atoms with E-state index in [2.05, 4.69) is 4.74 Å². The highest BCUT2D eigenvalue weighted by Gasteiger charge is 2.17. The van der Waals surface area contributed by atoms with E-state index in [4.69, 9.17) is 0 Å². The van der Waals surface area contributed by atoms with E-state index in [0.717, 1.165) is 12.3 Å². The lowest BCUT2D eigenvalue weighted by atomic mass is 10.1. The van der Waals surface area contributed by atoms with E-state index in [1.54, 1.807) is 0 Å². The number of hydrogen-bond acceptors (Lipinski definition) is 6. The first-order valence-corrected chi connectivity index (χ1v) is 7.36. The first kappa shape index (κ1) is 15.8. The monoisotopic (exact) mass is 299 g/mol. The molecule has 0 atom stereocenters. The fraction of sp³-hybridized carbons (Fsp3) is 0.250. The van der Waals surface area contributed by atoms with E-state index in [1.807, 2.05) is 0 Å². The van der Waals surface area contributed by atoms with Gasteiger partial charge in [0.05, 0.1) is 28.9 Å². The number of benzene rings is 1. The molecule has 0 N–H and O–H groups in total. The number of sulfone groups is 1. The van der Waals surface area contributed by atoms with Gasteiger partial charge in [0.1, 0.15) is 0 Å². The molecular weight excluding hydrogens is 286 g/mol. The predicted molar refractivity (Wildman–Crippen MR) is 71.9 cm³/mol. The molecule has 20 heavy (non-hydrogen) atoms. The van der Waals surface area contributed by atoms with Gasteiger partial charge < -0.3 is 4.74 Å². The number of rotatable bonds is 5. The molecule has 1 aromatic rings. The first-order valence-electron chi connectivity index (χ1n) is 5.47. The van der Waals surface area contributed by atoms with Gasteiger partial charge in [0, 0.05) is 12.3 Å². The Hall–Kier alpha value is -2.22. The van der Waals surface area contributed by atoms with Gasteiger partial charge in [-0.05, 0) is 12.1 Å². The van der Waals surface area contributed by atoms with Gasteiger partial charge in [-0.1, -0.05) is 12.2 Å². The maximum atomic E-state index is 11.4. The number of esters is 1. The lowest BCUT2D eigenvalue weighted by Crippen LogP contribution is -2.00. The molecule has 0 amide bonds. The van der Waals surface area contributed by atoms with Gasteiger partial charge in [0.25, 0.3) is 5.69 Å². The largest absolute Gasteiger partial charge is 0.469 e. The molecule has 0 saturated heterocycles. The summed E-state index contributed by atoms with van der Waals surface area (Å²) in [5.41, 5.74) is -0.125. The summed E-state index contributed by atoms with van der Waals surface area (Å²) >= 11 is 0. The van der Waals surface area contributed by atoms with E-state index in [9.17, 15) is 23.3 Å².